The van der Waals surface area contributed by atoms with E-state index < -0.39 is 8.07 Å². The average molecular weight is 705 g/mol. The van der Waals surface area contributed by atoms with Crippen LogP contribution < -0.4 is 10.4 Å². The molecule has 2 aliphatic rings. The van der Waals surface area contributed by atoms with Gasteiger partial charge in [0.2, 0.25) is 0 Å². The molecule has 0 radical (unpaired) electrons. The Hall–Kier alpha value is -6.02. The summed E-state index contributed by atoms with van der Waals surface area (Å²) in [4.78, 5) is 0. The molecule has 1 aliphatic carbocycles. The minimum absolute atomic E-state index is 0.0733. The van der Waals surface area contributed by atoms with Crippen molar-refractivity contribution in [2.75, 3.05) is 0 Å². The summed E-state index contributed by atoms with van der Waals surface area (Å²) >= 11 is 0. The lowest BCUT2D eigenvalue weighted by atomic mass is 9.80. The molecule has 256 valence electrons. The van der Waals surface area contributed by atoms with E-state index in [0.717, 1.165) is 0 Å². The van der Waals surface area contributed by atoms with Crippen molar-refractivity contribution >= 4 is 50.8 Å². The topological polar surface area (TPSA) is 0 Å². The molecule has 0 aromatic heterocycles. The molecule has 1 aliphatic heterocycles. The molecule has 0 nitrogen and oxygen atoms in total. The quantitative estimate of drug-likeness (QED) is 0.127. The van der Waals surface area contributed by atoms with Crippen molar-refractivity contribution in [3.05, 3.63) is 181 Å². The van der Waals surface area contributed by atoms with E-state index in [2.05, 4.69) is 197 Å². The highest BCUT2D eigenvalue weighted by atomic mass is 28.3. The standard InChI is InChI=1S/C53H40Si/c1-53(2)47-21-13-12-18-39(47)40-26-25-38(29-48(40)53)52-43-20-11-10-19-42(43)51(34-15-6-5-7-16-34)46-32-50-44(31-45(46)52)41-27-24-37(30-49(41)54(50,3)4)36-23-22-33-14-8-9-17-35(33)28-36/h5-32H,1-4H3. The summed E-state index contributed by atoms with van der Waals surface area (Å²) in [5.74, 6) is 0. The van der Waals surface area contributed by atoms with Gasteiger partial charge in [-0.3, -0.25) is 0 Å². The van der Waals surface area contributed by atoms with Gasteiger partial charge in [-0.25, -0.2) is 0 Å². The molecule has 0 saturated carbocycles. The lowest BCUT2D eigenvalue weighted by molar-refractivity contribution is 0.660. The Kier molecular flexibility index (Phi) is 6.56. The van der Waals surface area contributed by atoms with Gasteiger partial charge in [-0.15, -0.1) is 0 Å². The first kappa shape index (κ1) is 31.5. The molecule has 0 atom stereocenters. The van der Waals surface area contributed by atoms with E-state index in [4.69, 9.17) is 0 Å². The smallest absolute Gasteiger partial charge is 0.0622 e. The molecule has 0 unspecified atom stereocenters. The zero-order valence-corrected chi connectivity index (χ0v) is 32.2. The van der Waals surface area contributed by atoms with E-state index in [0.29, 0.717) is 0 Å². The van der Waals surface area contributed by atoms with Gasteiger partial charge in [0.15, 0.2) is 0 Å². The lowest BCUT2D eigenvalue weighted by Crippen LogP contribution is -2.49. The Morgan fingerprint density at radius 3 is 1.74 bits per heavy atom. The van der Waals surface area contributed by atoms with Crippen molar-refractivity contribution in [2.24, 2.45) is 0 Å². The van der Waals surface area contributed by atoms with E-state index in [1.54, 1.807) is 0 Å². The number of benzene rings is 9. The molecular weight excluding hydrogens is 665 g/mol. The maximum absolute atomic E-state index is 2.61. The summed E-state index contributed by atoms with van der Waals surface area (Å²) < 4.78 is 0. The van der Waals surface area contributed by atoms with Crippen molar-refractivity contribution in [1.29, 1.82) is 0 Å². The SMILES string of the molecule is CC1(C)c2ccccc2-c2ccc(-c3c4ccccc4c(-c4ccccc4)c4cc5c(cc34)-c3ccc(-c4ccc6ccccc6c4)cc3[Si]5(C)C)cc21. The van der Waals surface area contributed by atoms with Crippen LogP contribution in [0.25, 0.3) is 88.0 Å². The Labute approximate surface area is 318 Å². The summed E-state index contributed by atoms with van der Waals surface area (Å²) in [5, 5.41) is 10.9. The van der Waals surface area contributed by atoms with Crippen LogP contribution >= 0.6 is 0 Å². The Balaban J connectivity index is 1.19. The number of fused-ring (bicyclic) bond motifs is 9. The maximum atomic E-state index is 2.61. The van der Waals surface area contributed by atoms with Gasteiger partial charge in [0.25, 0.3) is 0 Å². The predicted molar refractivity (Wildman–Crippen MR) is 235 cm³/mol. The van der Waals surface area contributed by atoms with Crippen molar-refractivity contribution < 1.29 is 0 Å². The van der Waals surface area contributed by atoms with Gasteiger partial charge in [-0.05, 0) is 128 Å². The van der Waals surface area contributed by atoms with E-state index in [9.17, 15) is 0 Å². The summed E-state index contributed by atoms with van der Waals surface area (Å²) in [6.45, 7) is 9.88. The van der Waals surface area contributed by atoms with Crippen LogP contribution in [0.15, 0.2) is 170 Å². The highest BCUT2D eigenvalue weighted by Crippen LogP contribution is 2.51. The van der Waals surface area contributed by atoms with Gasteiger partial charge in [-0.2, -0.15) is 0 Å². The van der Waals surface area contributed by atoms with Gasteiger partial charge >= 0.3 is 0 Å². The molecular formula is C53H40Si. The van der Waals surface area contributed by atoms with E-state index in [1.807, 2.05) is 0 Å². The first-order chi connectivity index (χ1) is 26.3. The number of hydrogen-bond acceptors (Lipinski definition) is 0. The average Bonchev–Trinajstić information content (AvgIpc) is 3.57. The first-order valence-corrected chi connectivity index (χ1v) is 22.3. The third-order valence-electron chi connectivity index (χ3n) is 12.8. The van der Waals surface area contributed by atoms with Crippen LogP contribution in [0, 0.1) is 0 Å². The van der Waals surface area contributed by atoms with E-state index in [-0.39, 0.29) is 5.41 Å². The molecule has 0 amide bonds. The van der Waals surface area contributed by atoms with Crippen LogP contribution in [-0.2, 0) is 5.41 Å². The summed E-state index contributed by atoms with van der Waals surface area (Å²) in [7, 11) is -2.07. The Bertz CT molecular complexity index is 3040. The van der Waals surface area contributed by atoms with Gasteiger partial charge in [0, 0.05) is 5.41 Å². The van der Waals surface area contributed by atoms with Crippen LogP contribution in [0.4, 0.5) is 0 Å². The maximum Gasteiger partial charge on any atom is 0.113 e. The highest BCUT2D eigenvalue weighted by molar-refractivity contribution is 7.04. The molecule has 1 heterocycles. The van der Waals surface area contributed by atoms with E-state index in [1.165, 1.54) is 109 Å². The second kappa shape index (κ2) is 11.2. The van der Waals surface area contributed by atoms with Crippen LogP contribution in [0.3, 0.4) is 0 Å². The molecule has 0 N–H and O–H groups in total. The molecule has 9 aromatic carbocycles. The second-order valence-corrected chi connectivity index (χ2v) is 20.8. The normalized spacial score (nSPS) is 14.6. The van der Waals surface area contributed by atoms with Crippen LogP contribution in [0.5, 0.6) is 0 Å². The molecule has 0 bridgehead atoms. The predicted octanol–water partition coefficient (Wildman–Crippen LogP) is 13.3. The zero-order valence-electron chi connectivity index (χ0n) is 31.2. The summed E-state index contributed by atoms with van der Waals surface area (Å²) in [5.41, 5.74) is 16.1. The number of hydrogen-bond donors (Lipinski definition) is 0. The Morgan fingerprint density at radius 2 is 0.926 bits per heavy atom. The largest absolute Gasteiger partial charge is 0.113 e. The van der Waals surface area contributed by atoms with Crippen LogP contribution in [0.1, 0.15) is 25.0 Å². The van der Waals surface area contributed by atoms with Crippen molar-refractivity contribution in [3.8, 4) is 55.6 Å². The van der Waals surface area contributed by atoms with E-state index >= 15 is 0 Å². The molecule has 0 fully saturated rings. The van der Waals surface area contributed by atoms with Crippen molar-refractivity contribution in [1.82, 2.24) is 0 Å². The van der Waals surface area contributed by atoms with Crippen LogP contribution in [-0.4, -0.2) is 8.07 Å². The molecule has 0 spiro atoms. The molecule has 9 aromatic rings. The van der Waals surface area contributed by atoms with Crippen molar-refractivity contribution in [3.63, 3.8) is 0 Å². The second-order valence-electron chi connectivity index (χ2n) is 16.5. The minimum Gasteiger partial charge on any atom is -0.0622 e. The third kappa shape index (κ3) is 4.36. The molecule has 0 saturated heterocycles. The van der Waals surface area contributed by atoms with Gasteiger partial charge in [0.05, 0.1) is 0 Å². The fourth-order valence-corrected chi connectivity index (χ4v) is 13.1. The fraction of sp³-hybridized carbons (Fsp3) is 0.0943. The monoisotopic (exact) mass is 704 g/mol. The Morgan fingerprint density at radius 1 is 0.352 bits per heavy atom. The molecule has 1 heteroatoms. The highest BCUT2D eigenvalue weighted by Gasteiger charge is 2.39. The van der Waals surface area contributed by atoms with Gasteiger partial charge in [-0.1, -0.05) is 179 Å². The van der Waals surface area contributed by atoms with Crippen LogP contribution in [0.2, 0.25) is 13.1 Å². The lowest BCUT2D eigenvalue weighted by Gasteiger charge is -2.24. The fourth-order valence-electron chi connectivity index (χ4n) is 10.0. The number of rotatable bonds is 3. The van der Waals surface area contributed by atoms with Gasteiger partial charge < -0.3 is 0 Å². The first-order valence-electron chi connectivity index (χ1n) is 19.3. The third-order valence-corrected chi connectivity index (χ3v) is 16.4. The molecule has 11 rings (SSSR count). The summed E-state index contributed by atoms with van der Waals surface area (Å²) in [6.07, 6.45) is 0. The van der Waals surface area contributed by atoms with Gasteiger partial charge in [0.1, 0.15) is 8.07 Å². The molecule has 54 heavy (non-hydrogen) atoms. The minimum atomic E-state index is -2.07. The zero-order chi connectivity index (χ0) is 36.3. The summed E-state index contributed by atoms with van der Waals surface area (Å²) in [6, 6.07) is 64.5. The van der Waals surface area contributed by atoms with Crippen molar-refractivity contribution in [2.45, 2.75) is 32.4 Å².